The van der Waals surface area contributed by atoms with Gasteiger partial charge < -0.3 is 14.4 Å². The number of phenols is 1. The van der Waals surface area contributed by atoms with Crippen LogP contribution >= 0.6 is 11.6 Å². The quantitative estimate of drug-likeness (QED) is 0.794. The van der Waals surface area contributed by atoms with Crippen molar-refractivity contribution in [1.29, 1.82) is 0 Å². The molecule has 2 aromatic heterocycles. The van der Waals surface area contributed by atoms with E-state index in [1.54, 1.807) is 12.1 Å². The van der Waals surface area contributed by atoms with E-state index in [9.17, 15) is 5.11 Å². The highest BCUT2D eigenvalue weighted by Crippen LogP contribution is 2.31. The van der Waals surface area contributed by atoms with Crippen molar-refractivity contribution in [1.82, 2.24) is 20.1 Å². The molecule has 2 heterocycles. The molecule has 0 spiro atoms. The molecule has 0 aliphatic heterocycles. The highest BCUT2D eigenvalue weighted by atomic mass is 35.5. The lowest BCUT2D eigenvalue weighted by Crippen LogP contribution is -1.91. The standard InChI is InChI=1S/C13H9ClN4O3/c1-20-11-5-9(15-6-16-11)12-17-13(21-18-12)8-4-7(14)2-3-10(8)19/h2-6,19H,1H3. The van der Waals surface area contributed by atoms with Gasteiger partial charge in [0.1, 0.15) is 17.8 Å². The summed E-state index contributed by atoms with van der Waals surface area (Å²) in [7, 11) is 1.50. The molecule has 1 aromatic carbocycles. The molecule has 21 heavy (non-hydrogen) atoms. The second-order valence-electron chi connectivity index (χ2n) is 4.03. The fourth-order valence-corrected chi connectivity index (χ4v) is 1.86. The van der Waals surface area contributed by atoms with Crippen molar-refractivity contribution in [3.8, 4) is 34.6 Å². The Morgan fingerprint density at radius 1 is 1.24 bits per heavy atom. The lowest BCUT2D eigenvalue weighted by molar-refractivity contribution is 0.397. The Morgan fingerprint density at radius 2 is 2.10 bits per heavy atom. The van der Waals surface area contributed by atoms with Gasteiger partial charge in [0.15, 0.2) is 0 Å². The first-order valence-electron chi connectivity index (χ1n) is 5.86. The topological polar surface area (TPSA) is 94.2 Å². The predicted molar refractivity (Wildman–Crippen MR) is 74.0 cm³/mol. The van der Waals surface area contributed by atoms with E-state index < -0.39 is 0 Å². The summed E-state index contributed by atoms with van der Waals surface area (Å²) in [4.78, 5) is 12.1. The van der Waals surface area contributed by atoms with Gasteiger partial charge in [-0.1, -0.05) is 16.8 Å². The van der Waals surface area contributed by atoms with Crippen LogP contribution in [-0.2, 0) is 0 Å². The molecule has 0 unspecified atom stereocenters. The van der Waals surface area contributed by atoms with Gasteiger partial charge in [0, 0.05) is 11.1 Å². The van der Waals surface area contributed by atoms with E-state index in [1.807, 2.05) is 0 Å². The maximum atomic E-state index is 9.82. The van der Waals surface area contributed by atoms with Gasteiger partial charge >= 0.3 is 0 Å². The zero-order chi connectivity index (χ0) is 14.8. The normalized spacial score (nSPS) is 10.6. The number of methoxy groups -OCH3 is 1. The maximum absolute atomic E-state index is 9.82. The van der Waals surface area contributed by atoms with Gasteiger partial charge in [0.2, 0.25) is 11.7 Å². The van der Waals surface area contributed by atoms with Gasteiger partial charge in [-0.2, -0.15) is 4.98 Å². The van der Waals surface area contributed by atoms with Crippen LogP contribution in [0.2, 0.25) is 5.02 Å². The molecular formula is C13H9ClN4O3. The highest BCUT2D eigenvalue weighted by molar-refractivity contribution is 6.30. The van der Waals surface area contributed by atoms with Crippen LogP contribution in [0.4, 0.5) is 0 Å². The summed E-state index contributed by atoms with van der Waals surface area (Å²) in [5, 5.41) is 14.1. The molecule has 1 N–H and O–H groups in total. The zero-order valence-corrected chi connectivity index (χ0v) is 11.6. The average Bonchev–Trinajstić information content (AvgIpc) is 2.99. The minimum Gasteiger partial charge on any atom is -0.507 e. The van der Waals surface area contributed by atoms with Gasteiger partial charge in [0.05, 0.1) is 12.7 Å². The van der Waals surface area contributed by atoms with Crippen molar-refractivity contribution < 1.29 is 14.4 Å². The fraction of sp³-hybridized carbons (Fsp3) is 0.0769. The van der Waals surface area contributed by atoms with Gasteiger partial charge in [-0.05, 0) is 18.2 Å². The van der Waals surface area contributed by atoms with Crippen molar-refractivity contribution >= 4 is 11.6 Å². The third-order valence-electron chi connectivity index (χ3n) is 2.70. The Kier molecular flexibility index (Phi) is 3.41. The summed E-state index contributed by atoms with van der Waals surface area (Å²) < 4.78 is 10.1. The zero-order valence-electron chi connectivity index (χ0n) is 10.8. The van der Waals surface area contributed by atoms with Crippen molar-refractivity contribution in [2.75, 3.05) is 7.11 Å². The second kappa shape index (κ2) is 5.37. The number of phenolic OH excluding ortho intramolecular Hbond substituents is 1. The molecule has 0 amide bonds. The molecule has 7 nitrogen and oxygen atoms in total. The van der Waals surface area contributed by atoms with Crippen molar-refractivity contribution in [3.63, 3.8) is 0 Å². The molecule has 3 rings (SSSR count). The lowest BCUT2D eigenvalue weighted by Gasteiger charge is -1.99. The van der Waals surface area contributed by atoms with Crippen LogP contribution in [0.1, 0.15) is 0 Å². The lowest BCUT2D eigenvalue weighted by atomic mass is 10.2. The summed E-state index contributed by atoms with van der Waals surface area (Å²) in [5.41, 5.74) is 0.792. The van der Waals surface area contributed by atoms with Crippen molar-refractivity contribution in [2.45, 2.75) is 0 Å². The van der Waals surface area contributed by atoms with Crippen LogP contribution in [-0.4, -0.2) is 32.3 Å². The Morgan fingerprint density at radius 3 is 2.90 bits per heavy atom. The van der Waals surface area contributed by atoms with Crippen LogP contribution in [0.5, 0.6) is 11.6 Å². The minimum absolute atomic E-state index is 0.00475. The first-order valence-corrected chi connectivity index (χ1v) is 6.24. The average molecular weight is 305 g/mol. The monoisotopic (exact) mass is 304 g/mol. The smallest absolute Gasteiger partial charge is 0.262 e. The molecular weight excluding hydrogens is 296 g/mol. The minimum atomic E-state index is -0.00475. The van der Waals surface area contributed by atoms with E-state index in [-0.39, 0.29) is 17.5 Å². The van der Waals surface area contributed by atoms with Gasteiger partial charge in [-0.15, -0.1) is 0 Å². The molecule has 3 aromatic rings. The summed E-state index contributed by atoms with van der Waals surface area (Å²) in [6.45, 7) is 0. The van der Waals surface area contributed by atoms with Crippen molar-refractivity contribution in [2.24, 2.45) is 0 Å². The summed E-state index contributed by atoms with van der Waals surface area (Å²) in [5.74, 6) is 0.777. The highest BCUT2D eigenvalue weighted by Gasteiger charge is 2.15. The van der Waals surface area contributed by atoms with E-state index in [1.165, 1.54) is 25.6 Å². The number of nitrogens with zero attached hydrogens (tertiary/aromatic N) is 4. The van der Waals surface area contributed by atoms with Crippen LogP contribution in [0.3, 0.4) is 0 Å². The van der Waals surface area contributed by atoms with Gasteiger partial charge in [-0.25, -0.2) is 9.97 Å². The molecule has 106 valence electrons. The molecule has 0 saturated heterocycles. The molecule has 8 heteroatoms. The fourth-order valence-electron chi connectivity index (χ4n) is 1.69. The second-order valence-corrected chi connectivity index (χ2v) is 4.47. The summed E-state index contributed by atoms with van der Waals surface area (Å²) >= 11 is 5.89. The SMILES string of the molecule is COc1cc(-c2noc(-c3cc(Cl)ccc3O)n2)ncn1. The molecule has 0 aliphatic rings. The molecule has 0 fully saturated rings. The number of hydrogen-bond donors (Lipinski definition) is 1. The maximum Gasteiger partial charge on any atom is 0.262 e. The van der Waals surface area contributed by atoms with Crippen LogP contribution in [0.25, 0.3) is 23.0 Å². The molecule has 0 bridgehead atoms. The summed E-state index contributed by atoms with van der Waals surface area (Å²) in [6, 6.07) is 6.13. The third-order valence-corrected chi connectivity index (χ3v) is 2.93. The molecule has 0 radical (unpaired) electrons. The van der Waals surface area contributed by atoms with E-state index in [2.05, 4.69) is 20.1 Å². The van der Waals surface area contributed by atoms with E-state index >= 15 is 0 Å². The van der Waals surface area contributed by atoms with Gasteiger partial charge in [0.25, 0.3) is 5.89 Å². The largest absolute Gasteiger partial charge is 0.507 e. The van der Waals surface area contributed by atoms with Crippen LogP contribution in [0, 0.1) is 0 Å². The number of halogens is 1. The number of aromatic hydroxyl groups is 1. The van der Waals surface area contributed by atoms with Gasteiger partial charge in [-0.3, -0.25) is 0 Å². The third kappa shape index (κ3) is 2.63. The van der Waals surface area contributed by atoms with Crippen LogP contribution in [0.15, 0.2) is 35.1 Å². The Balaban J connectivity index is 2.01. The van der Waals surface area contributed by atoms with Crippen LogP contribution < -0.4 is 4.74 Å². The Labute approximate surface area is 124 Å². The Hall–Kier alpha value is -2.67. The van der Waals surface area contributed by atoms with E-state index in [0.717, 1.165) is 0 Å². The van der Waals surface area contributed by atoms with E-state index in [4.69, 9.17) is 20.9 Å². The number of benzene rings is 1. The molecule has 0 atom stereocenters. The molecule has 0 aliphatic carbocycles. The van der Waals surface area contributed by atoms with E-state index in [0.29, 0.717) is 22.2 Å². The first kappa shape index (κ1) is 13.3. The number of ether oxygens (including phenoxy) is 1. The molecule has 0 saturated carbocycles. The number of aromatic nitrogens is 4. The first-order chi connectivity index (χ1) is 10.2. The number of rotatable bonds is 3. The summed E-state index contributed by atoms with van der Waals surface area (Å²) in [6.07, 6.45) is 1.33. The Bertz CT molecular complexity index is 791. The number of hydrogen-bond acceptors (Lipinski definition) is 7. The predicted octanol–water partition coefficient (Wildman–Crippen LogP) is 2.56. The van der Waals surface area contributed by atoms with Crippen molar-refractivity contribution in [3.05, 3.63) is 35.6 Å².